The van der Waals surface area contributed by atoms with Gasteiger partial charge in [-0.25, -0.2) is 4.98 Å². The van der Waals surface area contributed by atoms with Gasteiger partial charge in [-0.15, -0.1) is 11.3 Å². The number of rotatable bonds is 4. The van der Waals surface area contributed by atoms with E-state index in [1.54, 1.807) is 24.3 Å². The van der Waals surface area contributed by atoms with Gasteiger partial charge in [0.15, 0.2) is 5.13 Å². The summed E-state index contributed by atoms with van der Waals surface area (Å²) in [6, 6.07) is 9.56. The number of para-hydroxylation sites is 1. The number of aromatic amines is 1. The van der Waals surface area contributed by atoms with Gasteiger partial charge in [0, 0.05) is 23.0 Å². The average molecular weight is 497 g/mol. The molecule has 0 fully saturated rings. The third-order valence-electron chi connectivity index (χ3n) is 4.80. The second kappa shape index (κ2) is 8.60. The molecule has 0 bridgehead atoms. The van der Waals surface area contributed by atoms with Crippen LogP contribution < -0.4 is 10.9 Å². The molecule has 4 rings (SSSR count). The van der Waals surface area contributed by atoms with Crippen LogP contribution in [0.1, 0.15) is 31.9 Å². The topological polar surface area (TPSA) is 74.8 Å². The summed E-state index contributed by atoms with van der Waals surface area (Å²) in [7, 11) is 0. The number of hydrogen-bond donors (Lipinski definition) is 2. The monoisotopic (exact) mass is 497 g/mol. The molecule has 0 atom stereocenters. The first-order valence-electron chi connectivity index (χ1n) is 9.56. The summed E-state index contributed by atoms with van der Waals surface area (Å²) >= 11 is 0.869. The largest absolute Gasteiger partial charge is 0.416 e. The zero-order chi connectivity index (χ0) is 24.7. The Morgan fingerprint density at radius 3 is 2.26 bits per heavy atom. The molecule has 2 N–H and O–H groups in total. The molecule has 0 aliphatic rings. The van der Waals surface area contributed by atoms with E-state index in [4.69, 9.17) is 0 Å². The molecule has 0 radical (unpaired) electrons. The van der Waals surface area contributed by atoms with Crippen LogP contribution in [0.3, 0.4) is 0 Å². The molecular weight excluding hydrogens is 484 g/mol. The van der Waals surface area contributed by atoms with Crippen LogP contribution in [-0.4, -0.2) is 15.9 Å². The quantitative estimate of drug-likeness (QED) is 0.347. The lowest BCUT2D eigenvalue weighted by Gasteiger charge is -2.13. The fourth-order valence-corrected chi connectivity index (χ4v) is 4.09. The number of hydrogen-bond acceptors (Lipinski definition) is 4. The van der Waals surface area contributed by atoms with Gasteiger partial charge < -0.3 is 4.98 Å². The molecule has 0 spiro atoms. The van der Waals surface area contributed by atoms with Gasteiger partial charge in [0.05, 0.1) is 11.1 Å². The molecule has 2 aromatic carbocycles. The number of anilines is 1. The molecule has 0 saturated carbocycles. The summed E-state index contributed by atoms with van der Waals surface area (Å²) in [5.41, 5.74) is -3.30. The second-order valence-corrected chi connectivity index (χ2v) is 8.39. The first kappa shape index (κ1) is 23.5. The van der Waals surface area contributed by atoms with Crippen LogP contribution >= 0.6 is 11.3 Å². The fraction of sp³-hybridized carbons (Fsp3) is 0.136. The van der Waals surface area contributed by atoms with E-state index < -0.39 is 34.9 Å². The molecule has 2 heterocycles. The van der Waals surface area contributed by atoms with E-state index >= 15 is 0 Å². The predicted octanol–water partition coefficient (Wildman–Crippen LogP) is 5.87. The lowest BCUT2D eigenvalue weighted by molar-refractivity contribution is -0.143. The number of pyridine rings is 1. The lowest BCUT2D eigenvalue weighted by atomic mass is 10.0. The molecule has 176 valence electrons. The van der Waals surface area contributed by atoms with Crippen molar-refractivity contribution in [1.82, 2.24) is 9.97 Å². The third kappa shape index (κ3) is 5.11. The van der Waals surface area contributed by atoms with Crippen molar-refractivity contribution < 1.29 is 31.1 Å². The molecule has 2 aromatic heterocycles. The molecule has 0 aliphatic heterocycles. The summed E-state index contributed by atoms with van der Waals surface area (Å²) in [5, 5.41) is 3.09. The number of halogens is 6. The zero-order valence-electron chi connectivity index (χ0n) is 16.8. The maximum atomic E-state index is 13.1. The highest BCUT2D eigenvalue weighted by molar-refractivity contribution is 7.15. The smallest absolute Gasteiger partial charge is 0.321 e. The summed E-state index contributed by atoms with van der Waals surface area (Å²) < 4.78 is 78.4. The van der Waals surface area contributed by atoms with Gasteiger partial charge in [-0.3, -0.25) is 14.9 Å². The van der Waals surface area contributed by atoms with Crippen molar-refractivity contribution in [2.45, 2.75) is 18.8 Å². The number of benzene rings is 2. The van der Waals surface area contributed by atoms with Crippen LogP contribution in [-0.2, 0) is 18.8 Å². The summed E-state index contributed by atoms with van der Waals surface area (Å²) in [4.78, 5) is 31.6. The van der Waals surface area contributed by atoms with Crippen LogP contribution in [0.5, 0.6) is 0 Å². The number of carbonyl (C=O) groups is 1. The van der Waals surface area contributed by atoms with Crippen molar-refractivity contribution in [3.8, 4) is 0 Å². The van der Waals surface area contributed by atoms with Crippen LogP contribution in [0.4, 0.5) is 31.5 Å². The van der Waals surface area contributed by atoms with E-state index in [0.29, 0.717) is 27.9 Å². The SMILES string of the molecule is O=C(Nc1ncc(Cc2cc(C(F)(F)F)cc(C(F)(F)F)c2)s1)c1cc2ccccc2[nH]c1=O. The van der Waals surface area contributed by atoms with E-state index in [1.165, 1.54) is 12.3 Å². The van der Waals surface area contributed by atoms with Crippen molar-refractivity contribution in [3.63, 3.8) is 0 Å². The van der Waals surface area contributed by atoms with Gasteiger partial charge in [0.2, 0.25) is 0 Å². The minimum Gasteiger partial charge on any atom is -0.321 e. The molecule has 34 heavy (non-hydrogen) atoms. The van der Waals surface area contributed by atoms with Gasteiger partial charge >= 0.3 is 12.4 Å². The van der Waals surface area contributed by atoms with Crippen LogP contribution in [0.2, 0.25) is 0 Å². The highest BCUT2D eigenvalue weighted by atomic mass is 32.1. The predicted molar refractivity (Wildman–Crippen MR) is 114 cm³/mol. The van der Waals surface area contributed by atoms with Gasteiger partial charge in [-0.1, -0.05) is 18.2 Å². The minimum atomic E-state index is -4.95. The summed E-state index contributed by atoms with van der Waals surface area (Å²) in [5.74, 6) is -0.758. The van der Waals surface area contributed by atoms with E-state index in [-0.39, 0.29) is 28.7 Å². The number of nitrogens with one attached hydrogen (secondary N) is 2. The highest BCUT2D eigenvalue weighted by Gasteiger charge is 2.36. The number of nitrogens with zero attached hydrogens (tertiary/aromatic N) is 1. The van der Waals surface area contributed by atoms with E-state index in [9.17, 15) is 35.9 Å². The van der Waals surface area contributed by atoms with Crippen LogP contribution in [0.25, 0.3) is 10.9 Å². The normalized spacial score (nSPS) is 12.2. The second-order valence-electron chi connectivity index (χ2n) is 7.28. The van der Waals surface area contributed by atoms with Crippen molar-refractivity contribution in [2.75, 3.05) is 5.32 Å². The Morgan fingerprint density at radius 1 is 0.971 bits per heavy atom. The maximum absolute atomic E-state index is 13.1. The summed E-state index contributed by atoms with van der Waals surface area (Å²) in [6.45, 7) is 0. The molecule has 0 unspecified atom stereocenters. The summed E-state index contributed by atoms with van der Waals surface area (Å²) in [6.07, 6.45) is -8.93. The maximum Gasteiger partial charge on any atom is 0.416 e. The fourth-order valence-electron chi connectivity index (χ4n) is 3.25. The Balaban J connectivity index is 1.56. The Kier molecular flexibility index (Phi) is 5.94. The molecule has 0 saturated heterocycles. The molecule has 4 aromatic rings. The number of carbonyl (C=O) groups excluding carboxylic acids is 1. The Bertz CT molecular complexity index is 1410. The first-order valence-corrected chi connectivity index (χ1v) is 10.4. The average Bonchev–Trinajstić information content (AvgIpc) is 3.18. The Labute approximate surface area is 191 Å². The Morgan fingerprint density at radius 2 is 1.62 bits per heavy atom. The standard InChI is InChI=1S/C22H13F6N3O2S/c23-21(24,25)13-5-11(6-14(9-13)22(26,27)28)7-15-10-29-20(34-15)31-19(33)16-8-12-3-1-2-4-17(12)30-18(16)32/h1-6,8-10H,7H2,(H,30,32)(H,29,31,33). The molecule has 5 nitrogen and oxygen atoms in total. The van der Waals surface area contributed by atoms with Crippen LogP contribution in [0, 0.1) is 0 Å². The third-order valence-corrected chi connectivity index (χ3v) is 5.71. The van der Waals surface area contributed by atoms with E-state index in [1.807, 2.05) is 0 Å². The number of thiazole rings is 1. The van der Waals surface area contributed by atoms with Crippen molar-refractivity contribution in [3.05, 3.63) is 92.2 Å². The first-order chi connectivity index (χ1) is 15.9. The lowest BCUT2D eigenvalue weighted by Crippen LogP contribution is -2.22. The number of fused-ring (bicyclic) bond motifs is 1. The van der Waals surface area contributed by atoms with Crippen molar-refractivity contribution in [2.24, 2.45) is 0 Å². The van der Waals surface area contributed by atoms with Crippen molar-refractivity contribution >= 4 is 33.3 Å². The van der Waals surface area contributed by atoms with Gasteiger partial charge in [0.1, 0.15) is 5.56 Å². The minimum absolute atomic E-state index is 0.0376. The number of amides is 1. The zero-order valence-corrected chi connectivity index (χ0v) is 17.7. The molecule has 1 amide bonds. The van der Waals surface area contributed by atoms with Crippen molar-refractivity contribution in [1.29, 1.82) is 0 Å². The van der Waals surface area contributed by atoms with Gasteiger partial charge in [-0.05, 0) is 41.3 Å². The molecule has 0 aliphatic carbocycles. The molecule has 12 heteroatoms. The van der Waals surface area contributed by atoms with Gasteiger partial charge in [0.25, 0.3) is 11.5 Å². The highest BCUT2D eigenvalue weighted by Crippen LogP contribution is 2.37. The van der Waals surface area contributed by atoms with E-state index in [2.05, 4.69) is 15.3 Å². The number of H-pyrrole nitrogens is 1. The molecular formula is C22H13F6N3O2S. The van der Waals surface area contributed by atoms with E-state index in [0.717, 1.165) is 11.3 Å². The number of aromatic nitrogens is 2. The number of alkyl halides is 6. The Hall–Kier alpha value is -3.67. The van der Waals surface area contributed by atoms with Gasteiger partial charge in [-0.2, -0.15) is 26.3 Å². The van der Waals surface area contributed by atoms with Crippen LogP contribution in [0.15, 0.2) is 59.5 Å².